The van der Waals surface area contributed by atoms with Gasteiger partial charge in [0.1, 0.15) is 0 Å². The molecule has 0 fully saturated rings. The van der Waals surface area contributed by atoms with Crippen LogP contribution in [0.2, 0.25) is 0 Å². The molecule has 0 spiro atoms. The number of rotatable bonds is 3. The summed E-state index contributed by atoms with van der Waals surface area (Å²) < 4.78 is 2.49. The molecule has 0 radical (unpaired) electrons. The molecule has 0 aliphatic rings. The standard InChI is InChI=1S/C48H29N/c1-3-11-33-27-35(21-19-30(33)9-1)32-23-25-38(26-24-32)49-44-18-6-5-14-40(44)47-41-16-7-13-37-29-43(36-22-20-31-10-2-4-12-34(31)28-36)39-15-8-17-42(48(47)49)46(39)45(37)41/h1-29H. The minimum Gasteiger partial charge on any atom is -0.309 e. The zero-order valence-electron chi connectivity index (χ0n) is 26.7. The first-order chi connectivity index (χ1) is 24.3. The monoisotopic (exact) mass is 619 g/mol. The van der Waals surface area contributed by atoms with Crippen LogP contribution in [-0.2, 0) is 0 Å². The maximum Gasteiger partial charge on any atom is 0.0626 e. The molecule has 0 N–H and O–H groups in total. The highest BCUT2D eigenvalue weighted by molar-refractivity contribution is 6.39. The van der Waals surface area contributed by atoms with Gasteiger partial charge in [0.2, 0.25) is 0 Å². The van der Waals surface area contributed by atoms with Crippen LogP contribution in [0.15, 0.2) is 176 Å². The van der Waals surface area contributed by atoms with E-state index in [1.54, 1.807) is 0 Å². The molecular weight excluding hydrogens is 591 g/mol. The molecule has 11 aromatic rings. The van der Waals surface area contributed by atoms with E-state index >= 15 is 0 Å². The van der Waals surface area contributed by atoms with Gasteiger partial charge in [0.05, 0.1) is 11.0 Å². The second kappa shape index (κ2) is 10.0. The summed E-state index contributed by atoms with van der Waals surface area (Å²) in [5.41, 5.74) is 8.63. The van der Waals surface area contributed by atoms with Crippen LogP contribution >= 0.6 is 0 Å². The minimum absolute atomic E-state index is 1.17. The van der Waals surface area contributed by atoms with Gasteiger partial charge in [-0.05, 0) is 102 Å². The highest BCUT2D eigenvalue weighted by atomic mass is 15.0. The fourth-order valence-electron chi connectivity index (χ4n) is 8.46. The quantitative estimate of drug-likeness (QED) is 0.173. The molecule has 1 heteroatoms. The Morgan fingerprint density at radius 1 is 0.306 bits per heavy atom. The zero-order valence-corrected chi connectivity index (χ0v) is 26.7. The zero-order chi connectivity index (χ0) is 32.1. The summed E-state index contributed by atoms with van der Waals surface area (Å²) in [6.45, 7) is 0. The molecule has 0 atom stereocenters. The fraction of sp³-hybridized carbons (Fsp3) is 0. The summed E-state index contributed by atoms with van der Waals surface area (Å²) >= 11 is 0. The van der Waals surface area contributed by atoms with Crippen molar-refractivity contribution < 1.29 is 0 Å². The predicted octanol–water partition coefficient (Wildman–Crippen LogP) is 13.3. The van der Waals surface area contributed by atoms with Crippen molar-refractivity contribution in [1.29, 1.82) is 0 Å². The molecule has 0 aliphatic heterocycles. The van der Waals surface area contributed by atoms with Gasteiger partial charge in [-0.15, -0.1) is 0 Å². The number of para-hydroxylation sites is 1. The number of hydrogen-bond donors (Lipinski definition) is 0. The predicted molar refractivity (Wildman–Crippen MR) is 210 cm³/mol. The molecule has 0 saturated heterocycles. The minimum atomic E-state index is 1.17. The van der Waals surface area contributed by atoms with Crippen LogP contribution in [0.4, 0.5) is 0 Å². The molecule has 0 bridgehead atoms. The lowest BCUT2D eigenvalue weighted by Crippen LogP contribution is -1.96. The topological polar surface area (TPSA) is 4.93 Å². The molecule has 10 aromatic carbocycles. The van der Waals surface area contributed by atoms with Gasteiger partial charge in [-0.1, -0.05) is 140 Å². The van der Waals surface area contributed by atoms with Gasteiger partial charge in [0.15, 0.2) is 0 Å². The summed E-state index contributed by atoms with van der Waals surface area (Å²) in [7, 11) is 0. The third-order valence-electron chi connectivity index (χ3n) is 10.7. The van der Waals surface area contributed by atoms with Crippen LogP contribution in [0.25, 0.3) is 104 Å². The molecular formula is C48H29N. The largest absolute Gasteiger partial charge is 0.309 e. The lowest BCUT2D eigenvalue weighted by molar-refractivity contribution is 1.19. The Kier molecular flexibility index (Phi) is 5.45. The number of hydrogen-bond acceptors (Lipinski definition) is 0. The van der Waals surface area contributed by atoms with E-state index in [1.165, 1.54) is 104 Å². The Balaban J connectivity index is 1.21. The van der Waals surface area contributed by atoms with Crippen LogP contribution in [-0.4, -0.2) is 4.57 Å². The number of nitrogens with zero attached hydrogens (tertiary/aromatic N) is 1. The molecule has 1 aromatic heterocycles. The fourth-order valence-corrected chi connectivity index (χ4v) is 8.46. The van der Waals surface area contributed by atoms with Crippen LogP contribution < -0.4 is 0 Å². The number of aromatic nitrogens is 1. The van der Waals surface area contributed by atoms with Gasteiger partial charge in [-0.3, -0.25) is 0 Å². The smallest absolute Gasteiger partial charge is 0.0626 e. The van der Waals surface area contributed by atoms with Crippen molar-refractivity contribution >= 4 is 75.7 Å². The van der Waals surface area contributed by atoms with Crippen molar-refractivity contribution in [1.82, 2.24) is 4.57 Å². The SMILES string of the molecule is c1ccc2cc(-c3ccc(-n4c5ccccc5c5c6cccc7cc(-c8ccc9ccccc9c8)c8cccc(c8c76)c54)cc3)ccc2c1. The van der Waals surface area contributed by atoms with Crippen molar-refractivity contribution in [2.75, 3.05) is 0 Å². The molecule has 226 valence electrons. The maximum absolute atomic E-state index is 2.49. The second-order valence-electron chi connectivity index (χ2n) is 13.3. The third kappa shape index (κ3) is 3.82. The number of benzene rings is 10. The first-order valence-electron chi connectivity index (χ1n) is 17.0. The van der Waals surface area contributed by atoms with Crippen molar-refractivity contribution in [3.05, 3.63) is 176 Å². The van der Waals surface area contributed by atoms with Crippen molar-refractivity contribution in [2.24, 2.45) is 0 Å². The summed E-state index contributed by atoms with van der Waals surface area (Å²) in [6, 6.07) is 65.0. The van der Waals surface area contributed by atoms with E-state index in [0.717, 1.165) is 0 Å². The summed E-state index contributed by atoms with van der Waals surface area (Å²) in [4.78, 5) is 0. The van der Waals surface area contributed by atoms with Crippen molar-refractivity contribution in [3.8, 4) is 27.9 Å². The molecule has 49 heavy (non-hydrogen) atoms. The Morgan fingerprint density at radius 2 is 0.878 bits per heavy atom. The van der Waals surface area contributed by atoms with Gasteiger partial charge < -0.3 is 4.57 Å². The summed E-state index contributed by atoms with van der Waals surface area (Å²) in [5.74, 6) is 0. The van der Waals surface area contributed by atoms with Crippen molar-refractivity contribution in [3.63, 3.8) is 0 Å². The van der Waals surface area contributed by atoms with Crippen LogP contribution in [0.1, 0.15) is 0 Å². The first-order valence-corrected chi connectivity index (χ1v) is 17.0. The molecule has 0 unspecified atom stereocenters. The average molecular weight is 620 g/mol. The van der Waals surface area contributed by atoms with E-state index in [4.69, 9.17) is 0 Å². The van der Waals surface area contributed by atoms with Gasteiger partial charge >= 0.3 is 0 Å². The van der Waals surface area contributed by atoms with E-state index in [-0.39, 0.29) is 0 Å². The summed E-state index contributed by atoms with van der Waals surface area (Å²) in [5, 5.41) is 15.5. The lowest BCUT2D eigenvalue weighted by atomic mass is 9.87. The molecule has 0 amide bonds. The molecule has 11 rings (SSSR count). The van der Waals surface area contributed by atoms with Crippen LogP contribution in [0, 0.1) is 0 Å². The summed E-state index contributed by atoms with van der Waals surface area (Å²) in [6.07, 6.45) is 0. The average Bonchev–Trinajstić information content (AvgIpc) is 3.52. The van der Waals surface area contributed by atoms with Gasteiger partial charge in [0.25, 0.3) is 0 Å². The van der Waals surface area contributed by atoms with Crippen molar-refractivity contribution in [2.45, 2.75) is 0 Å². The highest BCUT2D eigenvalue weighted by Crippen LogP contribution is 2.48. The molecule has 1 heterocycles. The number of fused-ring (bicyclic) bond motifs is 7. The molecule has 0 aliphatic carbocycles. The first kappa shape index (κ1) is 26.6. The molecule has 0 saturated carbocycles. The van der Waals surface area contributed by atoms with Gasteiger partial charge in [-0.2, -0.15) is 0 Å². The third-order valence-corrected chi connectivity index (χ3v) is 10.7. The maximum atomic E-state index is 2.49. The van der Waals surface area contributed by atoms with E-state index in [2.05, 4.69) is 180 Å². The lowest BCUT2D eigenvalue weighted by Gasteiger charge is -2.18. The van der Waals surface area contributed by atoms with Gasteiger partial charge in [-0.25, -0.2) is 0 Å². The second-order valence-corrected chi connectivity index (χ2v) is 13.3. The van der Waals surface area contributed by atoms with E-state index in [9.17, 15) is 0 Å². The van der Waals surface area contributed by atoms with Gasteiger partial charge in [0, 0.05) is 27.2 Å². The van der Waals surface area contributed by atoms with E-state index in [0.29, 0.717) is 0 Å². The van der Waals surface area contributed by atoms with E-state index in [1.807, 2.05) is 0 Å². The normalized spacial score (nSPS) is 12.1. The Labute approximate surface area is 283 Å². The Hall–Kier alpha value is -6.44. The van der Waals surface area contributed by atoms with Crippen LogP contribution in [0.3, 0.4) is 0 Å². The van der Waals surface area contributed by atoms with Crippen LogP contribution in [0.5, 0.6) is 0 Å². The van der Waals surface area contributed by atoms with E-state index < -0.39 is 0 Å². The Bertz CT molecular complexity index is 3090. The highest BCUT2D eigenvalue weighted by Gasteiger charge is 2.22. The molecule has 1 nitrogen and oxygen atoms in total. The Morgan fingerprint density at radius 3 is 1.67 bits per heavy atom.